The summed E-state index contributed by atoms with van der Waals surface area (Å²) in [4.78, 5) is 26.3. The lowest BCUT2D eigenvalue weighted by molar-refractivity contribution is -0.133. The van der Waals surface area contributed by atoms with Crippen LogP contribution >= 0.6 is 0 Å². The van der Waals surface area contributed by atoms with Crippen molar-refractivity contribution in [3.05, 3.63) is 35.4 Å². The smallest absolute Gasteiger partial charge is 0.251 e. The summed E-state index contributed by atoms with van der Waals surface area (Å²) in [5.74, 6) is -1.84. The van der Waals surface area contributed by atoms with Crippen LogP contribution in [0.15, 0.2) is 18.2 Å². The second-order valence-electron chi connectivity index (χ2n) is 6.45. The first-order chi connectivity index (χ1) is 11.0. The third-order valence-electron chi connectivity index (χ3n) is 4.50. The fraction of sp³-hybridized carbons (Fsp3) is 0.529. The molecule has 1 N–H and O–H groups in total. The van der Waals surface area contributed by atoms with E-state index < -0.39 is 17.5 Å². The van der Waals surface area contributed by atoms with Gasteiger partial charge in [0.1, 0.15) is 11.6 Å². The molecule has 0 saturated heterocycles. The van der Waals surface area contributed by atoms with Crippen LogP contribution in [0.3, 0.4) is 0 Å². The SMILES string of the molecule is CC(C1CC1)N(C(=O)CNC(=O)c1cc(F)cc(F)c1)C1CC1. The van der Waals surface area contributed by atoms with Gasteiger partial charge >= 0.3 is 0 Å². The standard InChI is InChI=1S/C17H20F2N2O2/c1-10(11-2-3-11)21(15-4-5-15)16(22)9-20-17(23)12-6-13(18)8-14(19)7-12/h6-8,10-11,15H,2-5,9H2,1H3,(H,20,23). The molecule has 23 heavy (non-hydrogen) atoms. The first-order valence-electron chi connectivity index (χ1n) is 8.01. The average molecular weight is 322 g/mol. The molecular formula is C17H20F2N2O2. The van der Waals surface area contributed by atoms with Crippen molar-refractivity contribution in [2.75, 3.05) is 6.54 Å². The highest BCUT2D eigenvalue weighted by Gasteiger charge is 2.41. The molecule has 0 bridgehead atoms. The minimum Gasteiger partial charge on any atom is -0.343 e. The van der Waals surface area contributed by atoms with E-state index in [4.69, 9.17) is 0 Å². The number of nitrogens with one attached hydrogen (secondary N) is 1. The predicted molar refractivity (Wildman–Crippen MR) is 80.7 cm³/mol. The Morgan fingerprint density at radius 2 is 1.78 bits per heavy atom. The van der Waals surface area contributed by atoms with Crippen LogP contribution in [0.4, 0.5) is 8.78 Å². The van der Waals surface area contributed by atoms with Gasteiger partial charge in [0.2, 0.25) is 5.91 Å². The van der Waals surface area contributed by atoms with E-state index in [1.807, 2.05) is 4.90 Å². The van der Waals surface area contributed by atoms with E-state index in [-0.39, 0.29) is 30.1 Å². The molecule has 4 nitrogen and oxygen atoms in total. The lowest BCUT2D eigenvalue weighted by Crippen LogP contribution is -2.46. The minimum atomic E-state index is -0.816. The van der Waals surface area contributed by atoms with Gasteiger partial charge in [0.15, 0.2) is 0 Å². The van der Waals surface area contributed by atoms with Crippen molar-refractivity contribution < 1.29 is 18.4 Å². The summed E-state index contributed by atoms with van der Waals surface area (Å²) in [5, 5.41) is 2.47. The maximum atomic E-state index is 13.1. The van der Waals surface area contributed by atoms with Crippen LogP contribution in [0.5, 0.6) is 0 Å². The highest BCUT2D eigenvalue weighted by Crippen LogP contribution is 2.39. The number of carbonyl (C=O) groups is 2. The highest BCUT2D eigenvalue weighted by atomic mass is 19.1. The summed E-state index contributed by atoms with van der Waals surface area (Å²) in [6.07, 6.45) is 4.30. The Hall–Kier alpha value is -1.98. The molecule has 2 saturated carbocycles. The summed E-state index contributed by atoms with van der Waals surface area (Å²) in [6.45, 7) is 1.90. The van der Waals surface area contributed by atoms with Gasteiger partial charge in [-0.15, -0.1) is 0 Å². The molecule has 1 aromatic rings. The van der Waals surface area contributed by atoms with E-state index in [0.717, 1.165) is 37.8 Å². The molecule has 1 atom stereocenters. The van der Waals surface area contributed by atoms with Crippen molar-refractivity contribution in [2.24, 2.45) is 5.92 Å². The monoisotopic (exact) mass is 322 g/mol. The molecule has 1 aromatic carbocycles. The van der Waals surface area contributed by atoms with Gasteiger partial charge in [0, 0.05) is 23.7 Å². The van der Waals surface area contributed by atoms with Gasteiger partial charge in [-0.25, -0.2) is 8.78 Å². The zero-order valence-corrected chi connectivity index (χ0v) is 13.0. The Kier molecular flexibility index (Phi) is 4.33. The molecule has 1 unspecified atom stereocenters. The molecule has 6 heteroatoms. The number of amides is 2. The molecule has 124 valence electrons. The van der Waals surface area contributed by atoms with Gasteiger partial charge in [-0.05, 0) is 50.7 Å². The fourth-order valence-electron chi connectivity index (χ4n) is 2.96. The average Bonchev–Trinajstić information content (AvgIpc) is 3.36. The summed E-state index contributed by atoms with van der Waals surface area (Å²) in [5.41, 5.74) is -0.122. The van der Waals surface area contributed by atoms with Crippen LogP contribution in [0, 0.1) is 17.6 Å². The molecule has 0 aliphatic heterocycles. The third-order valence-corrected chi connectivity index (χ3v) is 4.50. The van der Waals surface area contributed by atoms with E-state index in [1.165, 1.54) is 0 Å². The van der Waals surface area contributed by atoms with Crippen LogP contribution in [-0.4, -0.2) is 35.3 Å². The largest absolute Gasteiger partial charge is 0.343 e. The van der Waals surface area contributed by atoms with Crippen molar-refractivity contribution in [1.29, 1.82) is 0 Å². The molecule has 3 rings (SSSR count). The molecule has 0 spiro atoms. The third kappa shape index (κ3) is 3.86. The van der Waals surface area contributed by atoms with Crippen LogP contribution in [0.1, 0.15) is 43.0 Å². The number of benzene rings is 1. The predicted octanol–water partition coefficient (Wildman–Crippen LogP) is 2.48. The number of rotatable bonds is 6. The Morgan fingerprint density at radius 3 is 2.30 bits per heavy atom. The zero-order chi connectivity index (χ0) is 16.6. The number of nitrogens with zero attached hydrogens (tertiary/aromatic N) is 1. The fourth-order valence-corrected chi connectivity index (χ4v) is 2.96. The second-order valence-corrected chi connectivity index (χ2v) is 6.45. The molecule has 0 radical (unpaired) electrons. The quantitative estimate of drug-likeness (QED) is 0.875. The number of carbonyl (C=O) groups excluding carboxylic acids is 2. The normalized spacial score (nSPS) is 18.4. The van der Waals surface area contributed by atoms with Crippen LogP contribution in [0.2, 0.25) is 0 Å². The molecule has 2 aliphatic carbocycles. The van der Waals surface area contributed by atoms with Crippen molar-refractivity contribution in [1.82, 2.24) is 10.2 Å². The summed E-state index contributed by atoms with van der Waals surface area (Å²) >= 11 is 0. The second kappa shape index (κ2) is 6.26. The molecular weight excluding hydrogens is 302 g/mol. The van der Waals surface area contributed by atoms with Crippen molar-refractivity contribution in [2.45, 2.75) is 44.7 Å². The van der Waals surface area contributed by atoms with Gasteiger partial charge in [-0.3, -0.25) is 9.59 Å². The van der Waals surface area contributed by atoms with Gasteiger partial charge < -0.3 is 10.2 Å². The summed E-state index contributed by atoms with van der Waals surface area (Å²) in [6, 6.07) is 3.08. The number of hydrogen-bond donors (Lipinski definition) is 1. The minimum absolute atomic E-state index is 0.122. The van der Waals surface area contributed by atoms with Gasteiger partial charge in [-0.2, -0.15) is 0 Å². The molecule has 2 aliphatic rings. The van der Waals surface area contributed by atoms with Crippen molar-refractivity contribution >= 4 is 11.8 Å². The van der Waals surface area contributed by atoms with Crippen LogP contribution in [0.25, 0.3) is 0 Å². The first kappa shape index (κ1) is 15.9. The molecule has 0 aromatic heterocycles. The Balaban J connectivity index is 1.59. The van der Waals surface area contributed by atoms with Crippen molar-refractivity contribution in [3.63, 3.8) is 0 Å². The highest BCUT2D eigenvalue weighted by molar-refractivity contribution is 5.96. The van der Waals surface area contributed by atoms with Gasteiger partial charge in [0.25, 0.3) is 5.91 Å². The van der Waals surface area contributed by atoms with Crippen LogP contribution < -0.4 is 5.32 Å². The lowest BCUT2D eigenvalue weighted by Gasteiger charge is -2.29. The maximum absolute atomic E-state index is 13.1. The molecule has 2 amide bonds. The van der Waals surface area contributed by atoms with Gasteiger partial charge in [-0.1, -0.05) is 0 Å². The lowest BCUT2D eigenvalue weighted by atomic mass is 10.1. The summed E-state index contributed by atoms with van der Waals surface area (Å²) < 4.78 is 26.3. The van der Waals surface area contributed by atoms with Crippen molar-refractivity contribution in [3.8, 4) is 0 Å². The van der Waals surface area contributed by atoms with E-state index in [0.29, 0.717) is 12.0 Å². The Bertz CT molecular complexity index is 607. The van der Waals surface area contributed by atoms with Crippen LogP contribution in [-0.2, 0) is 4.79 Å². The maximum Gasteiger partial charge on any atom is 0.251 e. The Labute approximate surface area is 133 Å². The zero-order valence-electron chi connectivity index (χ0n) is 13.0. The summed E-state index contributed by atoms with van der Waals surface area (Å²) in [7, 11) is 0. The molecule has 0 heterocycles. The van der Waals surface area contributed by atoms with E-state index >= 15 is 0 Å². The van der Waals surface area contributed by atoms with Gasteiger partial charge in [0.05, 0.1) is 6.54 Å². The first-order valence-corrected chi connectivity index (χ1v) is 8.01. The van der Waals surface area contributed by atoms with E-state index in [1.54, 1.807) is 0 Å². The van der Waals surface area contributed by atoms with E-state index in [9.17, 15) is 18.4 Å². The number of hydrogen-bond acceptors (Lipinski definition) is 2. The van der Waals surface area contributed by atoms with E-state index in [2.05, 4.69) is 12.2 Å². The molecule has 2 fully saturated rings. The topological polar surface area (TPSA) is 49.4 Å². The number of halogens is 2. The Morgan fingerprint density at radius 1 is 1.17 bits per heavy atom.